The second-order valence-corrected chi connectivity index (χ2v) is 3.36. The summed E-state index contributed by atoms with van der Waals surface area (Å²) in [4.78, 5) is 8.18. The minimum Gasteiger partial charge on any atom is -0.384 e. The normalized spacial score (nSPS) is 27.2. The fraction of sp³-hybridized carbons (Fsp3) is 0.500. The number of aliphatic hydroxyl groups is 1. The lowest BCUT2D eigenvalue weighted by Gasteiger charge is -2.15. The average molecular weight is 165 g/mol. The topological polar surface area (TPSA) is 72.0 Å². The van der Waals surface area contributed by atoms with E-state index in [1.807, 2.05) is 0 Å². The van der Waals surface area contributed by atoms with Gasteiger partial charge in [-0.15, -0.1) is 0 Å². The lowest BCUT2D eigenvalue weighted by Crippen LogP contribution is -2.18. The predicted octanol–water partition coefficient (Wildman–Crippen LogP) is 0.213. The SMILES string of the molecule is CC1(O)CCc2ncc(N)nc21. The summed E-state index contributed by atoms with van der Waals surface area (Å²) in [6.07, 6.45) is 3.00. The van der Waals surface area contributed by atoms with Gasteiger partial charge in [0.1, 0.15) is 11.4 Å². The predicted molar refractivity (Wildman–Crippen MR) is 44.3 cm³/mol. The van der Waals surface area contributed by atoms with Crippen LogP contribution in [-0.4, -0.2) is 15.1 Å². The van der Waals surface area contributed by atoms with E-state index in [1.165, 1.54) is 6.20 Å². The maximum absolute atomic E-state index is 9.81. The van der Waals surface area contributed by atoms with E-state index in [0.29, 0.717) is 17.9 Å². The van der Waals surface area contributed by atoms with E-state index < -0.39 is 5.60 Å². The van der Waals surface area contributed by atoms with Gasteiger partial charge in [0.15, 0.2) is 0 Å². The van der Waals surface area contributed by atoms with Crippen molar-refractivity contribution in [2.24, 2.45) is 0 Å². The Hall–Kier alpha value is -1.16. The molecule has 0 aliphatic heterocycles. The standard InChI is InChI=1S/C8H11N3O/c1-8(12)3-2-5-7(8)11-6(9)4-10-5/h4,12H,2-3H2,1H3,(H2,9,11). The molecule has 1 aromatic heterocycles. The number of rotatable bonds is 0. The van der Waals surface area contributed by atoms with Gasteiger partial charge in [0.2, 0.25) is 0 Å². The number of anilines is 1. The van der Waals surface area contributed by atoms with Crippen molar-refractivity contribution in [2.45, 2.75) is 25.4 Å². The van der Waals surface area contributed by atoms with Gasteiger partial charge in [0.25, 0.3) is 0 Å². The molecule has 4 nitrogen and oxygen atoms in total. The molecule has 64 valence electrons. The number of nitrogens with zero attached hydrogens (tertiary/aromatic N) is 2. The maximum Gasteiger partial charge on any atom is 0.142 e. The van der Waals surface area contributed by atoms with Crippen molar-refractivity contribution in [1.29, 1.82) is 0 Å². The zero-order valence-corrected chi connectivity index (χ0v) is 6.91. The van der Waals surface area contributed by atoms with Crippen LogP contribution < -0.4 is 5.73 Å². The molecule has 3 N–H and O–H groups in total. The van der Waals surface area contributed by atoms with Gasteiger partial charge >= 0.3 is 0 Å². The summed E-state index contributed by atoms with van der Waals surface area (Å²) < 4.78 is 0. The van der Waals surface area contributed by atoms with Crippen LogP contribution in [0.15, 0.2) is 6.20 Å². The van der Waals surface area contributed by atoms with Crippen LogP contribution in [0.25, 0.3) is 0 Å². The molecule has 1 unspecified atom stereocenters. The highest BCUT2D eigenvalue weighted by Crippen LogP contribution is 2.33. The third-order valence-corrected chi connectivity index (χ3v) is 2.23. The van der Waals surface area contributed by atoms with Crippen LogP contribution in [0.4, 0.5) is 5.82 Å². The highest BCUT2D eigenvalue weighted by molar-refractivity contribution is 5.33. The molecule has 0 aromatic carbocycles. The van der Waals surface area contributed by atoms with E-state index in [2.05, 4.69) is 9.97 Å². The number of hydrogen-bond acceptors (Lipinski definition) is 4. The molecule has 12 heavy (non-hydrogen) atoms. The molecule has 4 heteroatoms. The lowest BCUT2D eigenvalue weighted by molar-refractivity contribution is 0.0554. The van der Waals surface area contributed by atoms with Crippen LogP contribution in [0.1, 0.15) is 24.7 Å². The van der Waals surface area contributed by atoms with Gasteiger partial charge in [-0.2, -0.15) is 0 Å². The van der Waals surface area contributed by atoms with E-state index in [1.54, 1.807) is 6.92 Å². The van der Waals surface area contributed by atoms with Crippen molar-refractivity contribution in [1.82, 2.24) is 9.97 Å². The zero-order valence-electron chi connectivity index (χ0n) is 6.91. The van der Waals surface area contributed by atoms with Crippen LogP contribution in [-0.2, 0) is 12.0 Å². The summed E-state index contributed by atoms with van der Waals surface area (Å²) in [5.41, 5.74) is 6.14. The largest absolute Gasteiger partial charge is 0.384 e. The van der Waals surface area contributed by atoms with E-state index in [-0.39, 0.29) is 0 Å². The van der Waals surface area contributed by atoms with E-state index in [0.717, 1.165) is 12.1 Å². The van der Waals surface area contributed by atoms with Crippen molar-refractivity contribution in [2.75, 3.05) is 5.73 Å². The molecule has 0 radical (unpaired) electrons. The summed E-state index contributed by atoms with van der Waals surface area (Å²) in [5, 5.41) is 9.81. The first kappa shape index (κ1) is 7.49. The highest BCUT2D eigenvalue weighted by atomic mass is 16.3. The molecule has 1 aliphatic carbocycles. The van der Waals surface area contributed by atoms with Gasteiger partial charge < -0.3 is 10.8 Å². The minimum atomic E-state index is -0.836. The first-order valence-corrected chi connectivity index (χ1v) is 3.94. The summed E-state index contributed by atoms with van der Waals surface area (Å²) in [6, 6.07) is 0. The van der Waals surface area contributed by atoms with E-state index in [4.69, 9.17) is 5.73 Å². The molecule has 0 spiro atoms. The fourth-order valence-electron chi connectivity index (χ4n) is 1.52. The molecule has 0 bridgehead atoms. The molecule has 1 heterocycles. The molecule has 1 atom stereocenters. The van der Waals surface area contributed by atoms with Crippen molar-refractivity contribution in [3.63, 3.8) is 0 Å². The Bertz CT molecular complexity index is 322. The monoisotopic (exact) mass is 165 g/mol. The first-order valence-electron chi connectivity index (χ1n) is 3.94. The third kappa shape index (κ3) is 0.956. The van der Waals surface area contributed by atoms with Gasteiger partial charge in [0.05, 0.1) is 17.6 Å². The van der Waals surface area contributed by atoms with Gasteiger partial charge in [-0.1, -0.05) is 0 Å². The second kappa shape index (κ2) is 2.17. The van der Waals surface area contributed by atoms with Gasteiger partial charge in [0, 0.05) is 0 Å². The van der Waals surface area contributed by atoms with Crippen LogP contribution in [0.3, 0.4) is 0 Å². The molecule has 2 rings (SSSR count). The number of hydrogen-bond donors (Lipinski definition) is 2. The Labute approximate surface area is 70.5 Å². The maximum atomic E-state index is 9.81. The van der Waals surface area contributed by atoms with Crippen LogP contribution in [0, 0.1) is 0 Å². The summed E-state index contributed by atoms with van der Waals surface area (Å²) in [5.74, 6) is 0.371. The summed E-state index contributed by atoms with van der Waals surface area (Å²) >= 11 is 0. The number of fused-ring (bicyclic) bond motifs is 1. The molecule has 0 saturated heterocycles. The lowest BCUT2D eigenvalue weighted by atomic mass is 10.1. The molecule has 0 amide bonds. The van der Waals surface area contributed by atoms with Gasteiger partial charge in [-0.05, 0) is 19.8 Å². The number of nitrogens with two attached hydrogens (primary N) is 1. The van der Waals surface area contributed by atoms with Gasteiger partial charge in [-0.3, -0.25) is 4.98 Å². The number of aromatic nitrogens is 2. The Kier molecular flexibility index (Phi) is 1.35. The molecular weight excluding hydrogens is 154 g/mol. The van der Waals surface area contributed by atoms with Crippen molar-refractivity contribution in [3.8, 4) is 0 Å². The summed E-state index contributed by atoms with van der Waals surface area (Å²) in [7, 11) is 0. The van der Waals surface area contributed by atoms with Crippen molar-refractivity contribution < 1.29 is 5.11 Å². The third-order valence-electron chi connectivity index (χ3n) is 2.23. The Morgan fingerprint density at radius 1 is 1.67 bits per heavy atom. The molecule has 1 aromatic rings. The summed E-state index contributed by atoms with van der Waals surface area (Å²) in [6.45, 7) is 1.74. The first-order chi connectivity index (χ1) is 5.59. The van der Waals surface area contributed by atoms with E-state index >= 15 is 0 Å². The Balaban J connectivity index is 2.57. The van der Waals surface area contributed by atoms with Crippen molar-refractivity contribution in [3.05, 3.63) is 17.6 Å². The van der Waals surface area contributed by atoms with Crippen LogP contribution >= 0.6 is 0 Å². The van der Waals surface area contributed by atoms with Gasteiger partial charge in [-0.25, -0.2) is 4.98 Å². The fourth-order valence-corrected chi connectivity index (χ4v) is 1.52. The Morgan fingerprint density at radius 3 is 3.17 bits per heavy atom. The average Bonchev–Trinajstić information content (AvgIpc) is 2.28. The Morgan fingerprint density at radius 2 is 2.42 bits per heavy atom. The molecule has 0 saturated carbocycles. The van der Waals surface area contributed by atoms with Crippen molar-refractivity contribution >= 4 is 5.82 Å². The van der Waals surface area contributed by atoms with Crippen LogP contribution in [0.2, 0.25) is 0 Å². The quantitative estimate of drug-likeness (QED) is 0.576. The zero-order chi connectivity index (χ0) is 8.77. The molecular formula is C8H11N3O. The molecule has 0 fully saturated rings. The number of nitrogen functional groups attached to an aromatic ring is 1. The molecule has 1 aliphatic rings. The number of aryl methyl sites for hydroxylation is 1. The second-order valence-electron chi connectivity index (χ2n) is 3.36. The van der Waals surface area contributed by atoms with E-state index in [9.17, 15) is 5.11 Å². The highest BCUT2D eigenvalue weighted by Gasteiger charge is 2.34. The van der Waals surface area contributed by atoms with Crippen LogP contribution in [0.5, 0.6) is 0 Å². The minimum absolute atomic E-state index is 0.371. The smallest absolute Gasteiger partial charge is 0.142 e.